The van der Waals surface area contributed by atoms with Crippen molar-refractivity contribution >= 4 is 11.6 Å². The summed E-state index contributed by atoms with van der Waals surface area (Å²) in [6.45, 7) is 2.97. The molecule has 3 unspecified atom stereocenters. The predicted molar refractivity (Wildman–Crippen MR) is 72.2 cm³/mol. The normalized spacial score (nSPS) is 25.3. The van der Waals surface area contributed by atoms with Gasteiger partial charge in [-0.2, -0.15) is 0 Å². The number of nitrogens with zero attached hydrogens (tertiary/aromatic N) is 1. The minimum atomic E-state index is 0.192. The van der Waals surface area contributed by atoms with Crippen molar-refractivity contribution in [1.29, 1.82) is 0 Å². The van der Waals surface area contributed by atoms with E-state index in [-0.39, 0.29) is 6.04 Å². The number of hydrogen-bond acceptors (Lipinski definition) is 4. The molecule has 0 bridgehead atoms. The molecule has 3 N–H and O–H groups in total. The van der Waals surface area contributed by atoms with Crippen molar-refractivity contribution in [2.24, 2.45) is 11.8 Å². The van der Waals surface area contributed by atoms with Crippen LogP contribution in [0.25, 0.3) is 0 Å². The highest BCUT2D eigenvalue weighted by atomic mass is 35.5. The molecule has 1 aromatic rings. The summed E-state index contributed by atoms with van der Waals surface area (Å²) < 4.78 is 5.72. The van der Waals surface area contributed by atoms with Crippen molar-refractivity contribution in [3.05, 3.63) is 29.0 Å². The quantitative estimate of drug-likeness (QED) is 0.633. The first kappa shape index (κ1) is 13.7. The number of hydrogen-bond donors (Lipinski definition) is 2. The first-order valence-electron chi connectivity index (χ1n) is 6.42. The maximum atomic E-state index is 6.14. The Kier molecular flexibility index (Phi) is 4.95. The average molecular weight is 270 g/mol. The second-order valence-corrected chi connectivity index (χ2v) is 5.12. The summed E-state index contributed by atoms with van der Waals surface area (Å²) >= 11 is 6.14. The lowest BCUT2D eigenvalue weighted by Crippen LogP contribution is -2.45. The third kappa shape index (κ3) is 3.01. The Hall–Kier alpha value is -0.680. The summed E-state index contributed by atoms with van der Waals surface area (Å²) in [5.41, 5.74) is 4.00. The van der Waals surface area contributed by atoms with Crippen molar-refractivity contribution in [3.63, 3.8) is 0 Å². The van der Waals surface area contributed by atoms with Gasteiger partial charge in [0.1, 0.15) is 0 Å². The molecule has 2 rings (SSSR count). The Morgan fingerprint density at radius 3 is 3.17 bits per heavy atom. The minimum Gasteiger partial charge on any atom is -0.378 e. The lowest BCUT2D eigenvalue weighted by atomic mass is 9.88. The van der Waals surface area contributed by atoms with E-state index in [1.807, 2.05) is 6.07 Å². The van der Waals surface area contributed by atoms with Gasteiger partial charge in [-0.1, -0.05) is 18.5 Å². The average Bonchev–Trinajstić information content (AvgIpc) is 2.86. The van der Waals surface area contributed by atoms with Crippen molar-refractivity contribution in [2.45, 2.75) is 38.3 Å². The third-order valence-corrected chi connectivity index (χ3v) is 4.03. The maximum Gasteiger partial charge on any atom is 0.0621 e. The maximum absolute atomic E-state index is 6.14. The monoisotopic (exact) mass is 269 g/mol. The molecule has 100 valence electrons. The summed E-state index contributed by atoms with van der Waals surface area (Å²) in [6.07, 6.45) is 6.61. The minimum absolute atomic E-state index is 0.192. The molecule has 0 aromatic carbocycles. The molecule has 1 aliphatic heterocycles. The molecule has 0 aliphatic carbocycles. The molecule has 5 heteroatoms. The van der Waals surface area contributed by atoms with Crippen LogP contribution in [0.4, 0.5) is 0 Å². The van der Waals surface area contributed by atoms with Crippen LogP contribution in [0.15, 0.2) is 18.5 Å². The van der Waals surface area contributed by atoms with E-state index >= 15 is 0 Å². The van der Waals surface area contributed by atoms with Crippen LogP contribution in [0, 0.1) is 5.92 Å². The van der Waals surface area contributed by atoms with Gasteiger partial charge in [0, 0.05) is 31.0 Å². The highest BCUT2D eigenvalue weighted by Crippen LogP contribution is 2.29. The summed E-state index contributed by atoms with van der Waals surface area (Å²) in [7, 11) is 0. The van der Waals surface area contributed by atoms with Crippen molar-refractivity contribution in [1.82, 2.24) is 10.4 Å². The molecule has 1 aliphatic rings. The molecule has 0 spiro atoms. The molecule has 1 saturated heterocycles. The largest absolute Gasteiger partial charge is 0.378 e. The van der Waals surface area contributed by atoms with Gasteiger partial charge >= 0.3 is 0 Å². The predicted octanol–water partition coefficient (Wildman–Crippen LogP) is 1.92. The Bertz CT molecular complexity index is 388. The van der Waals surface area contributed by atoms with Gasteiger partial charge in [-0.15, -0.1) is 0 Å². The van der Waals surface area contributed by atoms with Crippen LogP contribution < -0.4 is 11.3 Å². The summed E-state index contributed by atoms with van der Waals surface area (Å²) in [5, 5.41) is 0.699. The molecule has 18 heavy (non-hydrogen) atoms. The van der Waals surface area contributed by atoms with E-state index in [4.69, 9.17) is 22.2 Å². The van der Waals surface area contributed by atoms with Gasteiger partial charge in [0.05, 0.1) is 11.1 Å². The second kappa shape index (κ2) is 6.48. The molecular formula is C13H20ClN3O. The number of aromatic nitrogens is 1. The van der Waals surface area contributed by atoms with Crippen LogP contribution in [0.2, 0.25) is 5.02 Å². The molecular weight excluding hydrogens is 250 g/mol. The van der Waals surface area contributed by atoms with Crippen LogP contribution >= 0.6 is 11.6 Å². The molecule has 0 amide bonds. The Morgan fingerprint density at radius 1 is 1.67 bits per heavy atom. The zero-order valence-corrected chi connectivity index (χ0v) is 11.4. The number of hydrazine groups is 1. The van der Waals surface area contributed by atoms with Crippen LogP contribution in [-0.2, 0) is 11.2 Å². The lowest BCUT2D eigenvalue weighted by molar-refractivity contribution is 0.0775. The zero-order chi connectivity index (χ0) is 13.0. The second-order valence-electron chi connectivity index (χ2n) is 4.71. The number of pyridine rings is 1. The Labute approximate surface area is 113 Å². The van der Waals surface area contributed by atoms with Crippen molar-refractivity contribution in [3.8, 4) is 0 Å². The van der Waals surface area contributed by atoms with E-state index in [9.17, 15) is 0 Å². The number of rotatable bonds is 5. The molecule has 0 radical (unpaired) electrons. The topological polar surface area (TPSA) is 60.2 Å². The molecule has 2 heterocycles. The van der Waals surface area contributed by atoms with Gasteiger partial charge in [0.2, 0.25) is 0 Å². The first-order chi connectivity index (χ1) is 8.76. The van der Waals surface area contributed by atoms with Crippen LogP contribution in [0.5, 0.6) is 0 Å². The van der Waals surface area contributed by atoms with Gasteiger partial charge in [0.25, 0.3) is 0 Å². The Morgan fingerprint density at radius 2 is 2.50 bits per heavy atom. The van der Waals surface area contributed by atoms with Crippen molar-refractivity contribution < 1.29 is 4.74 Å². The molecule has 4 nitrogen and oxygen atoms in total. The number of ether oxygens (including phenoxy) is 1. The fraction of sp³-hybridized carbons (Fsp3) is 0.615. The van der Waals surface area contributed by atoms with Crippen molar-refractivity contribution in [2.75, 3.05) is 6.61 Å². The highest BCUT2D eigenvalue weighted by Gasteiger charge is 2.33. The van der Waals surface area contributed by atoms with E-state index in [1.54, 1.807) is 12.4 Å². The van der Waals surface area contributed by atoms with Crippen LogP contribution in [0.3, 0.4) is 0 Å². The summed E-state index contributed by atoms with van der Waals surface area (Å²) in [5.74, 6) is 6.15. The number of halogens is 1. The Balaban J connectivity index is 2.07. The summed E-state index contributed by atoms with van der Waals surface area (Å²) in [6, 6.07) is 2.14. The van der Waals surface area contributed by atoms with Gasteiger partial charge in [0.15, 0.2) is 0 Å². The smallest absolute Gasteiger partial charge is 0.0621 e. The van der Waals surface area contributed by atoms with E-state index in [0.29, 0.717) is 17.0 Å². The van der Waals surface area contributed by atoms with Crippen LogP contribution in [0.1, 0.15) is 25.3 Å². The molecule has 1 aromatic heterocycles. The standard InChI is InChI=1S/C13H20ClN3O/c1-2-13-10(4-6-18-13)12(17-15)7-9-3-5-16-8-11(9)14/h3,5,8,10,12-13,17H,2,4,6-7,15H2,1H3. The highest BCUT2D eigenvalue weighted by molar-refractivity contribution is 6.31. The fourth-order valence-corrected chi connectivity index (χ4v) is 2.88. The van der Waals surface area contributed by atoms with E-state index in [2.05, 4.69) is 17.3 Å². The van der Waals surface area contributed by atoms with Gasteiger partial charge in [-0.05, 0) is 30.9 Å². The SMILES string of the molecule is CCC1OCCC1C(Cc1ccncc1Cl)NN. The van der Waals surface area contributed by atoms with Crippen LogP contribution in [-0.4, -0.2) is 23.7 Å². The molecule has 3 atom stereocenters. The third-order valence-electron chi connectivity index (χ3n) is 3.69. The number of nitrogens with two attached hydrogens (primary N) is 1. The zero-order valence-electron chi connectivity index (χ0n) is 10.6. The van der Waals surface area contributed by atoms with Gasteiger partial charge < -0.3 is 4.74 Å². The first-order valence-corrected chi connectivity index (χ1v) is 6.80. The van der Waals surface area contributed by atoms with E-state index in [0.717, 1.165) is 31.4 Å². The van der Waals surface area contributed by atoms with E-state index in [1.165, 1.54) is 0 Å². The molecule has 1 fully saturated rings. The molecule has 0 saturated carbocycles. The number of nitrogens with one attached hydrogen (secondary N) is 1. The lowest BCUT2D eigenvalue weighted by Gasteiger charge is -2.26. The fourth-order valence-electron chi connectivity index (χ4n) is 2.69. The van der Waals surface area contributed by atoms with Gasteiger partial charge in [-0.3, -0.25) is 16.3 Å². The summed E-state index contributed by atoms with van der Waals surface area (Å²) in [4.78, 5) is 4.00. The van der Waals surface area contributed by atoms with Gasteiger partial charge in [-0.25, -0.2) is 0 Å². The van der Waals surface area contributed by atoms with E-state index < -0.39 is 0 Å².